The van der Waals surface area contributed by atoms with Crippen molar-refractivity contribution in [3.05, 3.63) is 39.4 Å². The molecule has 6 heteroatoms. The number of amides is 1. The normalized spacial score (nSPS) is 9.89. The van der Waals surface area contributed by atoms with Crippen molar-refractivity contribution in [3.8, 4) is 0 Å². The number of hydrogen-bond donors (Lipinski definition) is 0. The van der Waals surface area contributed by atoms with Gasteiger partial charge in [-0.15, -0.1) is 0 Å². The molecule has 0 aliphatic carbocycles. The van der Waals surface area contributed by atoms with E-state index >= 15 is 0 Å². The average Bonchev–Trinajstić information content (AvgIpc) is 2.29. The van der Waals surface area contributed by atoms with E-state index in [0.29, 0.717) is 10.5 Å². The van der Waals surface area contributed by atoms with E-state index in [1.54, 1.807) is 26.2 Å². The summed E-state index contributed by atoms with van der Waals surface area (Å²) in [6.45, 7) is 3.81. The number of hydrogen-bond acceptors (Lipinski definition) is 4. The Bertz CT molecular complexity index is 535. The molecule has 0 atom stereocenters. The van der Waals surface area contributed by atoms with Crippen LogP contribution in [0.4, 0.5) is 10.5 Å². The molecule has 0 aliphatic heterocycles. The number of nitro benzene ring substituents is 1. The zero-order chi connectivity index (χ0) is 14.6. The maximum absolute atomic E-state index is 11.8. The average molecular weight is 280 g/mol. The molecule has 19 heavy (non-hydrogen) atoms. The van der Waals surface area contributed by atoms with Crippen molar-refractivity contribution in [3.63, 3.8) is 0 Å². The number of nitro groups is 1. The molecule has 0 spiro atoms. The van der Waals surface area contributed by atoms with Gasteiger partial charge in [0.2, 0.25) is 0 Å². The lowest BCUT2D eigenvalue weighted by atomic mass is 10.1. The van der Waals surface area contributed by atoms with Gasteiger partial charge in [-0.3, -0.25) is 14.9 Å². The Morgan fingerprint density at radius 3 is 2.47 bits per heavy atom. The molecule has 1 aromatic carbocycles. The molecule has 0 saturated heterocycles. The Morgan fingerprint density at radius 2 is 2.00 bits per heavy atom. The number of rotatable bonds is 3. The Morgan fingerprint density at radius 1 is 1.37 bits per heavy atom. The van der Waals surface area contributed by atoms with Crippen LogP contribution < -0.4 is 0 Å². The van der Waals surface area contributed by atoms with Crippen LogP contribution in [0.2, 0.25) is 0 Å². The molecule has 0 bridgehead atoms. The minimum absolute atomic E-state index is 0.0461. The summed E-state index contributed by atoms with van der Waals surface area (Å²) in [7, 11) is 3.23. The van der Waals surface area contributed by atoms with E-state index < -0.39 is 4.92 Å². The molecule has 102 valence electrons. The summed E-state index contributed by atoms with van der Waals surface area (Å²) in [5.74, 6) is 0. The lowest BCUT2D eigenvalue weighted by molar-refractivity contribution is -0.387. The van der Waals surface area contributed by atoms with Crippen LogP contribution >= 0.6 is 11.8 Å². The van der Waals surface area contributed by atoms with Crippen LogP contribution in [0.15, 0.2) is 28.7 Å². The second kappa shape index (κ2) is 6.38. The molecule has 1 amide bonds. The first kappa shape index (κ1) is 15.2. The first-order valence-corrected chi connectivity index (χ1v) is 6.46. The molecule has 0 radical (unpaired) electrons. The Balaban J connectivity index is 3.33. The highest BCUT2D eigenvalue weighted by atomic mass is 32.2. The Hall–Kier alpha value is -1.82. The van der Waals surface area contributed by atoms with Crippen molar-refractivity contribution < 1.29 is 9.72 Å². The second-order valence-electron chi connectivity index (χ2n) is 4.44. The van der Waals surface area contributed by atoms with E-state index in [9.17, 15) is 14.9 Å². The molecule has 0 saturated carbocycles. The van der Waals surface area contributed by atoms with Gasteiger partial charge in [-0.05, 0) is 31.2 Å². The third kappa shape index (κ3) is 4.10. The van der Waals surface area contributed by atoms with Gasteiger partial charge in [-0.2, -0.15) is 0 Å². The molecular weight excluding hydrogens is 264 g/mol. The molecule has 0 aromatic heterocycles. The van der Waals surface area contributed by atoms with E-state index in [-0.39, 0.29) is 10.9 Å². The van der Waals surface area contributed by atoms with Crippen molar-refractivity contribution in [2.45, 2.75) is 18.7 Å². The number of carbonyl (C=O) groups excluding carboxylic acids is 1. The predicted octanol–water partition coefficient (Wildman–Crippen LogP) is 3.79. The standard InChI is InChI=1S/C13H16N2O3S/c1-9(2)8-10-6-5-7-11(15(17)18)12(10)19-13(16)14(3)4/h5-8H,1-4H3. The smallest absolute Gasteiger partial charge is 0.286 e. The van der Waals surface area contributed by atoms with Crippen LogP contribution in [-0.2, 0) is 0 Å². The van der Waals surface area contributed by atoms with Crippen molar-refractivity contribution in [1.29, 1.82) is 0 Å². The van der Waals surface area contributed by atoms with Crippen molar-refractivity contribution in [2.24, 2.45) is 0 Å². The van der Waals surface area contributed by atoms with Crippen LogP contribution in [0, 0.1) is 10.1 Å². The number of thioether (sulfide) groups is 1. The van der Waals surface area contributed by atoms with Gasteiger partial charge in [-0.1, -0.05) is 23.8 Å². The van der Waals surface area contributed by atoms with Gasteiger partial charge in [-0.25, -0.2) is 0 Å². The monoisotopic (exact) mass is 280 g/mol. The van der Waals surface area contributed by atoms with Crippen LogP contribution in [0.3, 0.4) is 0 Å². The molecule has 0 aliphatic rings. The number of benzene rings is 1. The molecular formula is C13H16N2O3S. The van der Waals surface area contributed by atoms with Crippen LogP contribution in [0.1, 0.15) is 19.4 Å². The number of nitrogens with zero attached hydrogens (tertiary/aromatic N) is 2. The molecule has 1 rings (SSSR count). The van der Waals surface area contributed by atoms with Crippen LogP contribution in [0.5, 0.6) is 0 Å². The molecule has 0 N–H and O–H groups in total. The van der Waals surface area contributed by atoms with E-state index in [4.69, 9.17) is 0 Å². The SMILES string of the molecule is CC(C)=Cc1cccc([N+](=O)[O-])c1SC(=O)N(C)C. The number of allylic oxidation sites excluding steroid dienone is 1. The Kier molecular flexibility index (Phi) is 5.11. The first-order chi connectivity index (χ1) is 8.82. The van der Waals surface area contributed by atoms with Crippen molar-refractivity contribution in [2.75, 3.05) is 14.1 Å². The predicted molar refractivity (Wildman–Crippen MR) is 77.4 cm³/mol. The quantitative estimate of drug-likeness (QED) is 0.480. The molecule has 1 aromatic rings. The van der Waals surface area contributed by atoms with E-state index in [1.807, 2.05) is 19.9 Å². The van der Waals surface area contributed by atoms with Crippen molar-refractivity contribution >= 4 is 28.8 Å². The van der Waals surface area contributed by atoms with Gasteiger partial charge >= 0.3 is 0 Å². The summed E-state index contributed by atoms with van der Waals surface area (Å²) >= 11 is 0.876. The van der Waals surface area contributed by atoms with Gasteiger partial charge < -0.3 is 4.90 Å². The van der Waals surface area contributed by atoms with Crippen LogP contribution in [-0.4, -0.2) is 29.2 Å². The minimum atomic E-state index is -0.465. The highest BCUT2D eigenvalue weighted by Crippen LogP contribution is 2.34. The molecule has 0 unspecified atom stereocenters. The summed E-state index contributed by atoms with van der Waals surface area (Å²) in [5, 5.41) is 10.8. The summed E-state index contributed by atoms with van der Waals surface area (Å²) in [4.78, 5) is 24.1. The highest BCUT2D eigenvalue weighted by Gasteiger charge is 2.20. The van der Waals surface area contributed by atoms with Gasteiger partial charge in [0.05, 0.1) is 4.92 Å². The summed E-state index contributed by atoms with van der Waals surface area (Å²) in [6.07, 6.45) is 1.83. The van der Waals surface area contributed by atoms with Crippen LogP contribution in [0.25, 0.3) is 6.08 Å². The first-order valence-electron chi connectivity index (χ1n) is 5.64. The fraction of sp³-hybridized carbons (Fsp3) is 0.308. The highest BCUT2D eigenvalue weighted by molar-refractivity contribution is 8.13. The van der Waals surface area contributed by atoms with Gasteiger partial charge in [0, 0.05) is 20.2 Å². The fourth-order valence-electron chi connectivity index (χ4n) is 1.40. The molecule has 0 heterocycles. The molecule has 0 fully saturated rings. The van der Waals surface area contributed by atoms with E-state index in [0.717, 1.165) is 17.3 Å². The zero-order valence-electron chi connectivity index (χ0n) is 11.3. The summed E-state index contributed by atoms with van der Waals surface area (Å²) in [6, 6.07) is 4.80. The summed E-state index contributed by atoms with van der Waals surface area (Å²) < 4.78 is 0. The maximum atomic E-state index is 11.8. The largest absolute Gasteiger partial charge is 0.339 e. The minimum Gasteiger partial charge on any atom is -0.339 e. The van der Waals surface area contributed by atoms with Crippen molar-refractivity contribution in [1.82, 2.24) is 4.90 Å². The summed E-state index contributed by atoms with van der Waals surface area (Å²) in [5.41, 5.74) is 1.66. The van der Waals surface area contributed by atoms with Gasteiger partial charge in [0.25, 0.3) is 10.9 Å². The second-order valence-corrected chi connectivity index (χ2v) is 5.40. The lowest BCUT2D eigenvalue weighted by Gasteiger charge is -2.11. The third-order valence-electron chi connectivity index (χ3n) is 2.22. The number of carbonyl (C=O) groups is 1. The van der Waals surface area contributed by atoms with E-state index in [1.165, 1.54) is 11.0 Å². The lowest BCUT2D eigenvalue weighted by Crippen LogP contribution is -2.16. The Labute approximate surface area is 116 Å². The topological polar surface area (TPSA) is 63.5 Å². The van der Waals surface area contributed by atoms with Gasteiger partial charge in [0.1, 0.15) is 4.90 Å². The zero-order valence-corrected chi connectivity index (χ0v) is 12.2. The maximum Gasteiger partial charge on any atom is 0.286 e. The third-order valence-corrected chi connectivity index (χ3v) is 3.41. The van der Waals surface area contributed by atoms with Gasteiger partial charge in [0.15, 0.2) is 0 Å². The fourth-order valence-corrected chi connectivity index (χ4v) is 2.25. The van der Waals surface area contributed by atoms with E-state index in [2.05, 4.69) is 0 Å². The molecule has 5 nitrogen and oxygen atoms in total.